The first-order chi connectivity index (χ1) is 7.95. The first kappa shape index (κ1) is 16.9. The fourth-order valence-electron chi connectivity index (χ4n) is 2.74. The van der Waals surface area contributed by atoms with Crippen LogP contribution in [-0.4, -0.2) is 26.4 Å². The normalized spacial score (nSPS) is 12.7. The van der Waals surface area contributed by atoms with Gasteiger partial charge in [-0.1, -0.05) is 27.7 Å². The van der Waals surface area contributed by atoms with E-state index in [0.29, 0.717) is 11.8 Å². The molecule has 17 heavy (non-hydrogen) atoms. The van der Waals surface area contributed by atoms with E-state index in [1.54, 1.807) is 7.11 Å². The number of rotatable bonds is 10. The second kappa shape index (κ2) is 8.93. The van der Waals surface area contributed by atoms with Crippen molar-refractivity contribution in [1.29, 1.82) is 0 Å². The predicted octanol–water partition coefficient (Wildman–Crippen LogP) is 4.28. The van der Waals surface area contributed by atoms with Crippen LogP contribution in [0.3, 0.4) is 0 Å². The molecule has 0 aromatic heterocycles. The molecule has 0 fully saturated rings. The van der Waals surface area contributed by atoms with Crippen molar-refractivity contribution in [1.82, 2.24) is 0 Å². The zero-order valence-corrected chi connectivity index (χ0v) is 12.7. The minimum absolute atomic E-state index is 0.0794. The van der Waals surface area contributed by atoms with Crippen molar-refractivity contribution in [2.45, 2.75) is 65.4 Å². The summed E-state index contributed by atoms with van der Waals surface area (Å²) in [4.78, 5) is 0. The number of methoxy groups -OCH3 is 2. The number of hydrogen-bond donors (Lipinski definition) is 0. The molecular formula is C15H32O2. The van der Waals surface area contributed by atoms with Gasteiger partial charge in [0, 0.05) is 20.8 Å². The fraction of sp³-hybridized carbons (Fsp3) is 1.00. The summed E-state index contributed by atoms with van der Waals surface area (Å²) in [6, 6.07) is 0. The van der Waals surface area contributed by atoms with Crippen molar-refractivity contribution in [3.63, 3.8) is 0 Å². The summed E-state index contributed by atoms with van der Waals surface area (Å²) in [6.07, 6.45) is 5.81. The van der Waals surface area contributed by atoms with Crippen LogP contribution < -0.4 is 0 Å². The number of ether oxygens (including phenoxy) is 2. The van der Waals surface area contributed by atoms with Gasteiger partial charge in [0.25, 0.3) is 0 Å². The van der Waals surface area contributed by atoms with Crippen LogP contribution >= 0.6 is 0 Å². The van der Waals surface area contributed by atoms with Crippen LogP contribution in [0.15, 0.2) is 0 Å². The van der Waals surface area contributed by atoms with Crippen molar-refractivity contribution in [3.8, 4) is 0 Å². The van der Waals surface area contributed by atoms with E-state index in [9.17, 15) is 0 Å². The van der Waals surface area contributed by atoms with Gasteiger partial charge in [0.05, 0.1) is 5.60 Å². The minimum Gasteiger partial charge on any atom is -0.385 e. The van der Waals surface area contributed by atoms with E-state index < -0.39 is 0 Å². The van der Waals surface area contributed by atoms with Crippen LogP contribution in [0.2, 0.25) is 0 Å². The third-order valence-corrected chi connectivity index (χ3v) is 3.22. The van der Waals surface area contributed by atoms with Gasteiger partial charge < -0.3 is 9.47 Å². The van der Waals surface area contributed by atoms with E-state index in [0.717, 1.165) is 32.3 Å². The molecule has 0 radical (unpaired) electrons. The van der Waals surface area contributed by atoms with Crippen molar-refractivity contribution >= 4 is 0 Å². The lowest BCUT2D eigenvalue weighted by Gasteiger charge is -2.36. The van der Waals surface area contributed by atoms with E-state index in [1.165, 1.54) is 6.42 Å². The van der Waals surface area contributed by atoms with E-state index in [4.69, 9.17) is 9.47 Å². The van der Waals surface area contributed by atoms with Crippen molar-refractivity contribution in [2.24, 2.45) is 11.8 Å². The molecule has 0 aliphatic rings. The molecular weight excluding hydrogens is 212 g/mol. The van der Waals surface area contributed by atoms with Crippen LogP contribution in [0, 0.1) is 11.8 Å². The van der Waals surface area contributed by atoms with Crippen LogP contribution in [0.4, 0.5) is 0 Å². The molecule has 0 aromatic rings. The Morgan fingerprint density at radius 3 is 1.76 bits per heavy atom. The third-order valence-electron chi connectivity index (χ3n) is 3.22. The quantitative estimate of drug-likeness (QED) is 0.534. The van der Waals surface area contributed by atoms with Gasteiger partial charge in [0.2, 0.25) is 0 Å². The highest BCUT2D eigenvalue weighted by Gasteiger charge is 2.30. The van der Waals surface area contributed by atoms with Gasteiger partial charge in [0.1, 0.15) is 0 Å². The van der Waals surface area contributed by atoms with Crippen LogP contribution in [0.1, 0.15) is 59.8 Å². The van der Waals surface area contributed by atoms with Gasteiger partial charge in [-0.15, -0.1) is 0 Å². The summed E-state index contributed by atoms with van der Waals surface area (Å²) in [5, 5.41) is 0. The Kier molecular flexibility index (Phi) is 8.89. The molecule has 0 rings (SSSR count). The molecule has 0 bridgehead atoms. The van der Waals surface area contributed by atoms with Crippen LogP contribution in [-0.2, 0) is 9.47 Å². The summed E-state index contributed by atoms with van der Waals surface area (Å²) < 4.78 is 11.0. The zero-order valence-electron chi connectivity index (χ0n) is 12.7. The van der Waals surface area contributed by atoms with Crippen molar-refractivity contribution in [3.05, 3.63) is 0 Å². The Hall–Kier alpha value is -0.0800. The van der Waals surface area contributed by atoms with Gasteiger partial charge in [-0.2, -0.15) is 0 Å². The molecule has 0 aromatic carbocycles. The highest BCUT2D eigenvalue weighted by atomic mass is 16.5. The lowest BCUT2D eigenvalue weighted by Crippen LogP contribution is -2.35. The standard InChI is InChI=1S/C15H32O2/c1-13(2)11-15(17-6,12-14(3)4)9-7-8-10-16-5/h13-14H,7-12H2,1-6H3. The van der Waals surface area contributed by atoms with E-state index >= 15 is 0 Å². The van der Waals surface area contributed by atoms with Crippen LogP contribution in [0.5, 0.6) is 0 Å². The smallest absolute Gasteiger partial charge is 0.0683 e. The summed E-state index contributed by atoms with van der Waals surface area (Å²) in [7, 11) is 3.65. The first-order valence-corrected chi connectivity index (χ1v) is 7.00. The topological polar surface area (TPSA) is 18.5 Å². The maximum Gasteiger partial charge on any atom is 0.0683 e. The molecule has 0 spiro atoms. The molecule has 0 aliphatic heterocycles. The highest BCUT2D eigenvalue weighted by Crippen LogP contribution is 2.33. The summed E-state index contributed by atoms with van der Waals surface area (Å²) in [6.45, 7) is 9.99. The predicted molar refractivity (Wildman–Crippen MR) is 74.4 cm³/mol. The molecule has 0 amide bonds. The van der Waals surface area contributed by atoms with Gasteiger partial charge in [0.15, 0.2) is 0 Å². The summed E-state index contributed by atoms with van der Waals surface area (Å²) in [5.74, 6) is 1.38. The molecule has 0 saturated heterocycles. The van der Waals surface area contributed by atoms with Crippen molar-refractivity contribution < 1.29 is 9.47 Å². The molecule has 104 valence electrons. The lowest BCUT2D eigenvalue weighted by atomic mass is 9.81. The van der Waals surface area contributed by atoms with Crippen LogP contribution in [0.25, 0.3) is 0 Å². The first-order valence-electron chi connectivity index (χ1n) is 7.00. The minimum atomic E-state index is 0.0794. The second-order valence-corrected chi connectivity index (χ2v) is 6.03. The van der Waals surface area contributed by atoms with E-state index in [2.05, 4.69) is 27.7 Å². The molecule has 2 heteroatoms. The second-order valence-electron chi connectivity index (χ2n) is 6.03. The average molecular weight is 244 g/mol. The van der Waals surface area contributed by atoms with Crippen molar-refractivity contribution in [2.75, 3.05) is 20.8 Å². The highest BCUT2D eigenvalue weighted by molar-refractivity contribution is 4.83. The molecule has 0 N–H and O–H groups in total. The molecule has 0 heterocycles. The largest absolute Gasteiger partial charge is 0.385 e. The molecule has 0 aliphatic carbocycles. The van der Waals surface area contributed by atoms with Gasteiger partial charge in [-0.05, 0) is 43.9 Å². The zero-order chi connectivity index (χ0) is 13.3. The monoisotopic (exact) mass is 244 g/mol. The Balaban J connectivity index is 4.33. The Morgan fingerprint density at radius 1 is 0.882 bits per heavy atom. The molecule has 0 unspecified atom stereocenters. The maximum absolute atomic E-state index is 5.90. The number of hydrogen-bond acceptors (Lipinski definition) is 2. The van der Waals surface area contributed by atoms with Gasteiger partial charge in [-0.3, -0.25) is 0 Å². The average Bonchev–Trinajstić information content (AvgIpc) is 2.22. The fourth-order valence-corrected chi connectivity index (χ4v) is 2.74. The summed E-state index contributed by atoms with van der Waals surface area (Å²) >= 11 is 0. The summed E-state index contributed by atoms with van der Waals surface area (Å²) in [5.41, 5.74) is 0.0794. The SMILES string of the molecule is COCCCCC(CC(C)C)(CC(C)C)OC. The number of unbranched alkanes of at least 4 members (excludes halogenated alkanes) is 1. The maximum atomic E-state index is 5.90. The van der Waals surface area contributed by atoms with Gasteiger partial charge in [-0.25, -0.2) is 0 Å². The Bertz CT molecular complexity index is 166. The molecule has 0 saturated carbocycles. The molecule has 2 nitrogen and oxygen atoms in total. The van der Waals surface area contributed by atoms with E-state index in [-0.39, 0.29) is 5.60 Å². The third kappa shape index (κ3) is 7.77. The Labute approximate surface area is 108 Å². The van der Waals surface area contributed by atoms with E-state index in [1.807, 2.05) is 7.11 Å². The molecule has 0 atom stereocenters. The lowest BCUT2D eigenvalue weighted by molar-refractivity contribution is -0.0506. The Morgan fingerprint density at radius 2 is 1.41 bits per heavy atom. The van der Waals surface area contributed by atoms with Gasteiger partial charge >= 0.3 is 0 Å².